The van der Waals surface area contributed by atoms with E-state index >= 15 is 0 Å². The number of aromatic hydroxyl groups is 1. The number of benzene rings is 2. The third-order valence-corrected chi connectivity index (χ3v) is 3.92. The van der Waals surface area contributed by atoms with E-state index in [1.165, 1.54) is 11.3 Å². The number of carbonyl (C=O) groups excluding carboxylic acids is 1. The van der Waals surface area contributed by atoms with Crippen LogP contribution in [0.4, 0.5) is 15.6 Å². The molecule has 0 atom stereocenters. The van der Waals surface area contributed by atoms with Crippen LogP contribution >= 0.6 is 11.3 Å². The molecule has 3 N–H and O–H groups in total. The van der Waals surface area contributed by atoms with Crippen LogP contribution in [0.5, 0.6) is 5.75 Å². The lowest BCUT2D eigenvalue weighted by molar-refractivity contribution is 0.262. The molecule has 0 fully saturated rings. The third kappa shape index (κ3) is 2.95. The molecular weight excluding hydrogens is 286 g/mol. The minimum Gasteiger partial charge on any atom is -0.508 e. The molecule has 0 spiro atoms. The van der Waals surface area contributed by atoms with Crippen molar-refractivity contribution >= 4 is 38.4 Å². The van der Waals surface area contributed by atoms with Crippen molar-refractivity contribution in [3.63, 3.8) is 0 Å². The smallest absolute Gasteiger partial charge is 0.325 e. The molecule has 0 unspecified atom stereocenters. The summed E-state index contributed by atoms with van der Waals surface area (Å²) in [6.45, 7) is 1.93. The first-order valence-corrected chi connectivity index (χ1v) is 7.17. The van der Waals surface area contributed by atoms with Crippen molar-refractivity contribution in [2.75, 3.05) is 10.6 Å². The molecule has 21 heavy (non-hydrogen) atoms. The molecule has 3 aromatic rings. The summed E-state index contributed by atoms with van der Waals surface area (Å²) in [5.41, 5.74) is 2.49. The zero-order valence-electron chi connectivity index (χ0n) is 11.3. The van der Waals surface area contributed by atoms with E-state index in [0.717, 1.165) is 21.5 Å². The zero-order valence-corrected chi connectivity index (χ0v) is 12.1. The zero-order chi connectivity index (χ0) is 14.8. The van der Waals surface area contributed by atoms with Gasteiger partial charge < -0.3 is 10.4 Å². The van der Waals surface area contributed by atoms with Gasteiger partial charge >= 0.3 is 6.03 Å². The minimum absolute atomic E-state index is 0.182. The first-order valence-electron chi connectivity index (χ1n) is 6.35. The van der Waals surface area contributed by atoms with Crippen LogP contribution in [0.25, 0.3) is 10.2 Å². The van der Waals surface area contributed by atoms with E-state index in [4.69, 9.17) is 0 Å². The van der Waals surface area contributed by atoms with Gasteiger partial charge in [-0.05, 0) is 36.8 Å². The maximum atomic E-state index is 12.0. The van der Waals surface area contributed by atoms with Gasteiger partial charge in [-0.1, -0.05) is 29.5 Å². The lowest BCUT2D eigenvalue weighted by Gasteiger charge is -2.07. The molecule has 106 valence electrons. The van der Waals surface area contributed by atoms with Crippen molar-refractivity contribution < 1.29 is 9.90 Å². The number of phenols is 1. The Labute approximate surface area is 125 Å². The summed E-state index contributed by atoms with van der Waals surface area (Å²) >= 11 is 1.31. The van der Waals surface area contributed by atoms with Gasteiger partial charge in [0.15, 0.2) is 5.13 Å². The molecule has 1 heterocycles. The van der Waals surface area contributed by atoms with Crippen LogP contribution in [0, 0.1) is 6.92 Å². The van der Waals surface area contributed by atoms with Gasteiger partial charge in [-0.25, -0.2) is 9.78 Å². The van der Waals surface area contributed by atoms with E-state index in [9.17, 15) is 9.90 Å². The molecular formula is C15H13N3O2S. The van der Waals surface area contributed by atoms with Crippen LogP contribution in [0.15, 0.2) is 42.5 Å². The summed E-state index contributed by atoms with van der Waals surface area (Å²) in [6, 6.07) is 12.1. The molecule has 0 aliphatic heterocycles. The number of carbonyl (C=O) groups is 1. The quantitative estimate of drug-likeness (QED) is 0.670. The van der Waals surface area contributed by atoms with Crippen molar-refractivity contribution in [1.82, 2.24) is 4.98 Å². The number of aromatic nitrogens is 1. The Morgan fingerprint density at radius 1 is 1.19 bits per heavy atom. The first-order chi connectivity index (χ1) is 10.1. The maximum absolute atomic E-state index is 12.0. The van der Waals surface area contributed by atoms with E-state index in [1.807, 2.05) is 31.2 Å². The fraction of sp³-hybridized carbons (Fsp3) is 0.0667. The molecule has 2 aromatic carbocycles. The normalized spacial score (nSPS) is 10.5. The second kappa shape index (κ2) is 5.41. The van der Waals surface area contributed by atoms with Gasteiger partial charge in [-0.3, -0.25) is 5.32 Å². The lowest BCUT2D eigenvalue weighted by atomic mass is 10.2. The number of amides is 2. The lowest BCUT2D eigenvalue weighted by Crippen LogP contribution is -2.19. The van der Waals surface area contributed by atoms with Crippen molar-refractivity contribution in [3.05, 3.63) is 48.0 Å². The van der Waals surface area contributed by atoms with Crippen LogP contribution in [-0.4, -0.2) is 16.1 Å². The van der Waals surface area contributed by atoms with Gasteiger partial charge in [0.25, 0.3) is 0 Å². The van der Waals surface area contributed by atoms with Crippen LogP contribution < -0.4 is 10.6 Å². The molecule has 2 amide bonds. The van der Waals surface area contributed by atoms with Gasteiger partial charge in [0.05, 0.1) is 10.2 Å². The summed E-state index contributed by atoms with van der Waals surface area (Å²) in [7, 11) is 0. The largest absolute Gasteiger partial charge is 0.508 e. The van der Waals surface area contributed by atoms with E-state index in [0.29, 0.717) is 5.13 Å². The van der Waals surface area contributed by atoms with Gasteiger partial charge in [0.2, 0.25) is 0 Å². The topological polar surface area (TPSA) is 74.2 Å². The Morgan fingerprint density at radius 3 is 2.81 bits per heavy atom. The Balaban J connectivity index is 1.75. The van der Waals surface area contributed by atoms with E-state index in [1.54, 1.807) is 18.2 Å². The summed E-state index contributed by atoms with van der Waals surface area (Å²) < 4.78 is 0.821. The van der Waals surface area contributed by atoms with Gasteiger partial charge in [-0.15, -0.1) is 0 Å². The average Bonchev–Trinajstić information content (AvgIpc) is 2.82. The number of rotatable bonds is 2. The van der Waals surface area contributed by atoms with Gasteiger partial charge in [-0.2, -0.15) is 0 Å². The van der Waals surface area contributed by atoms with Gasteiger partial charge in [0, 0.05) is 5.69 Å². The molecule has 0 saturated heterocycles. The average molecular weight is 299 g/mol. The molecule has 0 aliphatic carbocycles. The van der Waals surface area contributed by atoms with E-state index < -0.39 is 0 Å². The Hall–Kier alpha value is -2.60. The number of phenolic OH excluding ortho intramolecular Hbond substituents is 1. The second-order valence-corrected chi connectivity index (χ2v) is 5.60. The highest BCUT2D eigenvalue weighted by Gasteiger charge is 2.09. The molecule has 6 heteroatoms. The molecule has 3 rings (SSSR count). The highest BCUT2D eigenvalue weighted by molar-refractivity contribution is 7.22. The molecule has 1 aromatic heterocycles. The number of urea groups is 1. The Kier molecular flexibility index (Phi) is 3.45. The minimum atomic E-state index is -0.340. The molecule has 0 aliphatic rings. The van der Waals surface area contributed by atoms with Crippen molar-refractivity contribution in [2.24, 2.45) is 0 Å². The standard InChI is InChI=1S/C15H13N3O2S/c1-9-4-2-3-5-11(9)16-14(20)18-15-17-12-7-6-10(19)8-13(12)21-15/h2-8,19H,1H3,(H2,16,17,18,20). The number of hydrogen-bond acceptors (Lipinski definition) is 4. The van der Waals surface area contributed by atoms with Crippen LogP contribution in [-0.2, 0) is 0 Å². The summed E-state index contributed by atoms with van der Waals surface area (Å²) in [5.74, 6) is 0.182. The highest BCUT2D eigenvalue weighted by Crippen LogP contribution is 2.28. The monoisotopic (exact) mass is 299 g/mol. The number of fused-ring (bicyclic) bond motifs is 1. The molecule has 0 bridgehead atoms. The number of aryl methyl sites for hydroxylation is 1. The fourth-order valence-electron chi connectivity index (χ4n) is 1.93. The van der Waals surface area contributed by atoms with Crippen molar-refractivity contribution in [2.45, 2.75) is 6.92 Å². The second-order valence-electron chi connectivity index (χ2n) is 4.57. The number of hydrogen-bond donors (Lipinski definition) is 3. The predicted octanol–water partition coefficient (Wildman–Crippen LogP) is 3.95. The Bertz CT molecular complexity index is 814. The molecule has 0 radical (unpaired) electrons. The third-order valence-electron chi connectivity index (χ3n) is 2.99. The van der Waals surface area contributed by atoms with Crippen molar-refractivity contribution in [3.8, 4) is 5.75 Å². The SMILES string of the molecule is Cc1ccccc1NC(=O)Nc1nc2ccc(O)cc2s1. The first kappa shape index (κ1) is 13.4. The van der Waals surface area contributed by atoms with E-state index in [-0.39, 0.29) is 11.8 Å². The number of nitrogens with zero attached hydrogens (tertiary/aromatic N) is 1. The summed E-state index contributed by atoms with van der Waals surface area (Å²) in [6.07, 6.45) is 0. The van der Waals surface area contributed by atoms with Crippen LogP contribution in [0.3, 0.4) is 0 Å². The molecule has 0 saturated carbocycles. The number of anilines is 2. The summed E-state index contributed by atoms with van der Waals surface area (Å²) in [5, 5.41) is 15.4. The number of nitrogens with one attached hydrogen (secondary N) is 2. The fourth-order valence-corrected chi connectivity index (χ4v) is 2.82. The predicted molar refractivity (Wildman–Crippen MR) is 85.1 cm³/mol. The number of para-hydroxylation sites is 1. The Morgan fingerprint density at radius 2 is 2.00 bits per heavy atom. The van der Waals surface area contributed by atoms with Crippen molar-refractivity contribution in [1.29, 1.82) is 0 Å². The highest BCUT2D eigenvalue weighted by atomic mass is 32.1. The summed E-state index contributed by atoms with van der Waals surface area (Å²) in [4.78, 5) is 16.3. The maximum Gasteiger partial charge on any atom is 0.325 e. The van der Waals surface area contributed by atoms with Crippen LogP contribution in [0.2, 0.25) is 0 Å². The number of thiazole rings is 1. The van der Waals surface area contributed by atoms with Gasteiger partial charge in [0.1, 0.15) is 5.75 Å². The van der Waals surface area contributed by atoms with E-state index in [2.05, 4.69) is 15.6 Å². The van der Waals surface area contributed by atoms with Crippen LogP contribution in [0.1, 0.15) is 5.56 Å². The molecule has 5 nitrogen and oxygen atoms in total.